The maximum absolute atomic E-state index is 11.7. The quantitative estimate of drug-likeness (QED) is 0.694. The molecule has 0 bridgehead atoms. The van der Waals surface area contributed by atoms with Crippen molar-refractivity contribution in [3.05, 3.63) is 45.2 Å². The van der Waals surface area contributed by atoms with Gasteiger partial charge in [-0.05, 0) is 24.8 Å². The van der Waals surface area contributed by atoms with Crippen LogP contribution in [0.3, 0.4) is 0 Å². The van der Waals surface area contributed by atoms with Gasteiger partial charge in [-0.3, -0.25) is 15.0 Å². The Kier molecular flexibility index (Phi) is 1.84. The molecule has 1 atom stereocenters. The zero-order chi connectivity index (χ0) is 11.3. The SMILES string of the molecule is Cc1ccc2c(c1)C[C@H](C)c1c-2[nH][nH]c1=O. The average Bonchev–Trinajstić information content (AvgIpc) is 2.61. The van der Waals surface area contributed by atoms with E-state index in [4.69, 9.17) is 0 Å². The number of aryl methyl sites for hydroxylation is 1. The summed E-state index contributed by atoms with van der Waals surface area (Å²) < 4.78 is 0. The highest BCUT2D eigenvalue weighted by atomic mass is 16.1. The molecule has 3 heteroatoms. The van der Waals surface area contributed by atoms with Crippen molar-refractivity contribution in [2.24, 2.45) is 0 Å². The third kappa shape index (κ3) is 1.18. The monoisotopic (exact) mass is 214 g/mol. The fourth-order valence-corrected chi connectivity index (χ4v) is 2.62. The fourth-order valence-electron chi connectivity index (χ4n) is 2.62. The summed E-state index contributed by atoms with van der Waals surface area (Å²) in [7, 11) is 0. The minimum absolute atomic E-state index is 0.0220. The van der Waals surface area contributed by atoms with Crippen molar-refractivity contribution in [1.82, 2.24) is 10.2 Å². The van der Waals surface area contributed by atoms with E-state index in [0.29, 0.717) is 5.92 Å². The van der Waals surface area contributed by atoms with Gasteiger partial charge in [0.2, 0.25) is 0 Å². The second kappa shape index (κ2) is 3.11. The van der Waals surface area contributed by atoms with Crippen LogP contribution in [0.5, 0.6) is 0 Å². The number of rotatable bonds is 0. The standard InChI is InChI=1S/C13H14N2O/c1-7-3-4-10-9(5-7)6-8(2)11-12(10)14-15-13(11)16/h3-5,8H,6H2,1-2H3,(H2,14,15,16)/t8-/m0/s1. The van der Waals surface area contributed by atoms with Gasteiger partial charge in [0.15, 0.2) is 0 Å². The molecule has 0 spiro atoms. The van der Waals surface area contributed by atoms with Crippen molar-refractivity contribution < 1.29 is 0 Å². The molecule has 1 aliphatic rings. The second-order valence-electron chi connectivity index (χ2n) is 4.63. The van der Waals surface area contributed by atoms with Gasteiger partial charge in [0.05, 0.1) is 5.69 Å². The molecule has 0 radical (unpaired) electrons. The first-order chi connectivity index (χ1) is 7.66. The maximum Gasteiger partial charge on any atom is 0.267 e. The number of aromatic nitrogens is 2. The van der Waals surface area contributed by atoms with E-state index in [0.717, 1.165) is 23.2 Å². The molecule has 0 saturated carbocycles. The van der Waals surface area contributed by atoms with Gasteiger partial charge >= 0.3 is 0 Å². The van der Waals surface area contributed by atoms with Crippen molar-refractivity contribution in [2.45, 2.75) is 26.2 Å². The Balaban J connectivity index is 2.32. The van der Waals surface area contributed by atoms with E-state index >= 15 is 0 Å². The lowest BCUT2D eigenvalue weighted by Crippen LogP contribution is -2.15. The van der Waals surface area contributed by atoms with Gasteiger partial charge in [-0.15, -0.1) is 0 Å². The Morgan fingerprint density at radius 3 is 2.94 bits per heavy atom. The second-order valence-corrected chi connectivity index (χ2v) is 4.63. The third-order valence-electron chi connectivity index (χ3n) is 3.36. The number of hydrogen-bond acceptors (Lipinski definition) is 1. The lowest BCUT2D eigenvalue weighted by Gasteiger charge is -2.21. The van der Waals surface area contributed by atoms with E-state index in [1.54, 1.807) is 0 Å². The Morgan fingerprint density at radius 1 is 1.31 bits per heavy atom. The first-order valence-corrected chi connectivity index (χ1v) is 5.57. The van der Waals surface area contributed by atoms with Crippen molar-refractivity contribution in [2.75, 3.05) is 0 Å². The highest BCUT2D eigenvalue weighted by Crippen LogP contribution is 2.36. The Hall–Kier alpha value is -1.77. The average molecular weight is 214 g/mol. The third-order valence-corrected chi connectivity index (χ3v) is 3.36. The summed E-state index contributed by atoms with van der Waals surface area (Å²) in [5.41, 5.74) is 5.66. The number of fused-ring (bicyclic) bond motifs is 3. The first-order valence-electron chi connectivity index (χ1n) is 5.57. The van der Waals surface area contributed by atoms with Crippen LogP contribution in [0.1, 0.15) is 29.5 Å². The highest BCUT2D eigenvalue weighted by molar-refractivity contribution is 5.70. The van der Waals surface area contributed by atoms with Gasteiger partial charge in [-0.1, -0.05) is 30.7 Å². The Bertz CT molecular complexity index is 607. The lowest BCUT2D eigenvalue weighted by atomic mass is 9.83. The molecular weight excluding hydrogens is 200 g/mol. The number of hydrogen-bond donors (Lipinski definition) is 2. The smallest absolute Gasteiger partial charge is 0.267 e. The van der Waals surface area contributed by atoms with E-state index < -0.39 is 0 Å². The molecule has 3 nitrogen and oxygen atoms in total. The van der Waals surface area contributed by atoms with E-state index in [1.807, 2.05) is 0 Å². The van der Waals surface area contributed by atoms with Crippen LogP contribution in [0.15, 0.2) is 23.0 Å². The topological polar surface area (TPSA) is 48.6 Å². The molecule has 1 aliphatic carbocycles. The normalized spacial score (nSPS) is 18.0. The van der Waals surface area contributed by atoms with Gasteiger partial charge in [0.1, 0.15) is 0 Å². The van der Waals surface area contributed by atoms with Crippen LogP contribution in [0, 0.1) is 6.92 Å². The summed E-state index contributed by atoms with van der Waals surface area (Å²) in [5.74, 6) is 0.291. The van der Waals surface area contributed by atoms with Gasteiger partial charge < -0.3 is 0 Å². The minimum Gasteiger partial charge on any atom is -0.297 e. The molecule has 2 aromatic rings. The zero-order valence-electron chi connectivity index (χ0n) is 9.42. The summed E-state index contributed by atoms with van der Waals surface area (Å²) in [4.78, 5) is 11.7. The molecule has 1 aromatic carbocycles. The van der Waals surface area contributed by atoms with Crippen LogP contribution in [0.2, 0.25) is 0 Å². The largest absolute Gasteiger partial charge is 0.297 e. The van der Waals surface area contributed by atoms with Crippen LogP contribution >= 0.6 is 0 Å². The minimum atomic E-state index is 0.0220. The van der Waals surface area contributed by atoms with Gasteiger partial charge in [0, 0.05) is 11.1 Å². The Morgan fingerprint density at radius 2 is 2.12 bits per heavy atom. The van der Waals surface area contributed by atoms with Crippen LogP contribution in [0.4, 0.5) is 0 Å². The molecule has 82 valence electrons. The summed E-state index contributed by atoms with van der Waals surface area (Å²) in [6, 6.07) is 6.39. The Labute approximate surface area is 93.5 Å². The van der Waals surface area contributed by atoms with Crippen molar-refractivity contribution in [1.29, 1.82) is 0 Å². The maximum atomic E-state index is 11.7. The number of nitrogens with one attached hydrogen (secondary N) is 2. The molecular formula is C13H14N2O. The van der Waals surface area contributed by atoms with Crippen LogP contribution in [0.25, 0.3) is 11.3 Å². The molecule has 1 heterocycles. The van der Waals surface area contributed by atoms with Gasteiger partial charge in [0.25, 0.3) is 5.56 Å². The molecule has 1 aromatic heterocycles. The zero-order valence-corrected chi connectivity index (χ0v) is 9.42. The van der Waals surface area contributed by atoms with E-state index in [2.05, 4.69) is 42.2 Å². The highest BCUT2D eigenvalue weighted by Gasteiger charge is 2.25. The fraction of sp³-hybridized carbons (Fsp3) is 0.308. The van der Waals surface area contributed by atoms with Gasteiger partial charge in [-0.2, -0.15) is 0 Å². The molecule has 0 aliphatic heterocycles. The molecule has 16 heavy (non-hydrogen) atoms. The molecule has 0 fully saturated rings. The molecule has 0 amide bonds. The summed E-state index contributed by atoms with van der Waals surface area (Å²) >= 11 is 0. The number of aromatic amines is 2. The van der Waals surface area contributed by atoms with Crippen molar-refractivity contribution in [3.63, 3.8) is 0 Å². The predicted octanol–water partition coefficient (Wildman–Crippen LogP) is 2.34. The first kappa shape index (κ1) is 9.46. The van der Waals surface area contributed by atoms with E-state index in [1.165, 1.54) is 11.1 Å². The molecule has 0 unspecified atom stereocenters. The van der Waals surface area contributed by atoms with E-state index in [9.17, 15) is 4.79 Å². The predicted molar refractivity (Wildman–Crippen MR) is 63.7 cm³/mol. The van der Waals surface area contributed by atoms with Crippen molar-refractivity contribution in [3.8, 4) is 11.3 Å². The lowest BCUT2D eigenvalue weighted by molar-refractivity contribution is 0.743. The molecule has 3 rings (SSSR count). The van der Waals surface area contributed by atoms with Crippen LogP contribution < -0.4 is 5.56 Å². The van der Waals surface area contributed by atoms with E-state index in [-0.39, 0.29) is 5.56 Å². The summed E-state index contributed by atoms with van der Waals surface area (Å²) in [6.45, 7) is 4.20. The van der Waals surface area contributed by atoms with Crippen molar-refractivity contribution >= 4 is 0 Å². The summed E-state index contributed by atoms with van der Waals surface area (Å²) in [5, 5.41) is 5.68. The van der Waals surface area contributed by atoms with Crippen LogP contribution in [-0.4, -0.2) is 10.2 Å². The molecule has 2 N–H and O–H groups in total. The van der Waals surface area contributed by atoms with Gasteiger partial charge in [-0.25, -0.2) is 0 Å². The summed E-state index contributed by atoms with van der Waals surface area (Å²) in [6.07, 6.45) is 0.949. The molecule has 0 saturated heterocycles. The number of benzene rings is 1. The van der Waals surface area contributed by atoms with Crippen LogP contribution in [-0.2, 0) is 6.42 Å². The number of H-pyrrole nitrogens is 2.